The average molecular weight is 590 g/mol. The quantitative estimate of drug-likeness (QED) is 0.371. The van der Waals surface area contributed by atoms with Gasteiger partial charge in [0.15, 0.2) is 0 Å². The van der Waals surface area contributed by atoms with Gasteiger partial charge in [-0.2, -0.15) is 0 Å². The second-order valence-electron chi connectivity index (χ2n) is 10.0. The van der Waals surface area contributed by atoms with E-state index in [4.69, 9.17) is 28.6 Å². The van der Waals surface area contributed by atoms with Crippen LogP contribution in [0.15, 0.2) is 71.0 Å². The van der Waals surface area contributed by atoms with Gasteiger partial charge in [-0.25, -0.2) is 12.7 Å². The number of rotatable bonds is 8. The molecule has 1 saturated carbocycles. The Balaban J connectivity index is 1.27. The SMILES string of the molecule is CN/C(NC1CC2CC1N(C(=O)CNc1cc(Cl)cc(Cl)c1)C2)=C1/C=CN(S(=O)(=O)c2ccc(C)cc2)C1=N. The largest absolute Gasteiger partial charge is 0.376 e. The third kappa shape index (κ3) is 5.46. The molecule has 2 aliphatic heterocycles. The van der Waals surface area contributed by atoms with Crippen molar-refractivity contribution in [3.8, 4) is 0 Å². The van der Waals surface area contributed by atoms with Crippen LogP contribution in [-0.2, 0) is 14.8 Å². The number of piperidine rings is 1. The molecule has 5 rings (SSSR count). The van der Waals surface area contributed by atoms with Crippen LogP contribution in [0.5, 0.6) is 0 Å². The summed E-state index contributed by atoms with van der Waals surface area (Å²) in [4.78, 5) is 15.1. The molecule has 1 amide bonds. The molecule has 0 radical (unpaired) electrons. The van der Waals surface area contributed by atoms with E-state index in [1.165, 1.54) is 6.20 Å². The van der Waals surface area contributed by atoms with Gasteiger partial charge < -0.3 is 20.9 Å². The molecule has 2 fully saturated rings. The van der Waals surface area contributed by atoms with Gasteiger partial charge in [0.05, 0.1) is 23.1 Å². The van der Waals surface area contributed by atoms with Crippen LogP contribution in [0.3, 0.4) is 0 Å². The van der Waals surface area contributed by atoms with Crippen molar-refractivity contribution in [1.82, 2.24) is 19.8 Å². The van der Waals surface area contributed by atoms with E-state index in [1.807, 2.05) is 11.8 Å². The van der Waals surface area contributed by atoms with E-state index in [-0.39, 0.29) is 35.3 Å². The van der Waals surface area contributed by atoms with Crippen LogP contribution in [-0.4, -0.2) is 61.6 Å². The first-order valence-corrected chi connectivity index (χ1v) is 14.8. The summed E-state index contributed by atoms with van der Waals surface area (Å²) in [6.45, 7) is 2.70. The normalized spacial score (nSPS) is 23.4. The zero-order valence-electron chi connectivity index (χ0n) is 21.5. The highest BCUT2D eigenvalue weighted by Gasteiger charge is 2.47. The predicted octanol–water partition coefficient (Wildman–Crippen LogP) is 3.92. The fourth-order valence-corrected chi connectivity index (χ4v) is 7.31. The van der Waals surface area contributed by atoms with Crippen LogP contribution in [0.2, 0.25) is 10.0 Å². The summed E-state index contributed by atoms with van der Waals surface area (Å²) in [5.41, 5.74) is 2.07. The Bertz CT molecular complexity index is 1450. The first kappa shape index (κ1) is 27.4. The number of carbonyl (C=O) groups is 1. The monoisotopic (exact) mass is 588 g/mol. The van der Waals surface area contributed by atoms with Crippen molar-refractivity contribution in [2.75, 3.05) is 25.5 Å². The predicted molar refractivity (Wildman–Crippen MR) is 153 cm³/mol. The molecule has 4 N–H and O–H groups in total. The van der Waals surface area contributed by atoms with E-state index in [1.54, 1.807) is 55.6 Å². The summed E-state index contributed by atoms with van der Waals surface area (Å²) in [6, 6.07) is 11.6. The lowest BCUT2D eigenvalue weighted by Crippen LogP contribution is -2.52. The Hall–Kier alpha value is -3.21. The van der Waals surface area contributed by atoms with Gasteiger partial charge in [-0.05, 0) is 62.1 Å². The van der Waals surface area contributed by atoms with Crippen LogP contribution in [0.25, 0.3) is 0 Å². The lowest BCUT2D eigenvalue weighted by atomic mass is 10.0. The molecule has 2 aromatic rings. The Kier molecular flexibility index (Phi) is 7.54. The molecule has 39 heavy (non-hydrogen) atoms. The number of hydrogen-bond acceptors (Lipinski definition) is 7. The highest BCUT2D eigenvalue weighted by molar-refractivity contribution is 7.89. The molecule has 2 bridgehead atoms. The number of sulfonamides is 1. The van der Waals surface area contributed by atoms with Gasteiger partial charge in [0.2, 0.25) is 5.91 Å². The van der Waals surface area contributed by atoms with Gasteiger partial charge in [-0.15, -0.1) is 0 Å². The number of halogens is 2. The number of nitrogens with zero attached hydrogens (tertiary/aromatic N) is 2. The first-order chi connectivity index (χ1) is 18.6. The van der Waals surface area contributed by atoms with Crippen molar-refractivity contribution in [3.05, 3.63) is 81.7 Å². The van der Waals surface area contributed by atoms with Crippen molar-refractivity contribution >= 4 is 50.7 Å². The van der Waals surface area contributed by atoms with Gasteiger partial charge in [0.25, 0.3) is 10.0 Å². The topological polar surface area (TPSA) is 118 Å². The fraction of sp³-hybridized carbons (Fsp3) is 0.333. The molecule has 2 aromatic carbocycles. The highest BCUT2D eigenvalue weighted by atomic mass is 35.5. The molecule has 2 heterocycles. The van der Waals surface area contributed by atoms with Crippen molar-refractivity contribution in [2.45, 2.75) is 36.7 Å². The number of fused-ring (bicyclic) bond motifs is 2. The standard InChI is InChI=1S/C27H30Cl2N6O3S/c1-16-3-5-21(6-4-16)39(37,38)35-8-7-22(26(35)30)27(31-2)33-23-9-17-10-24(23)34(15-17)25(36)14-32-20-12-18(28)11-19(29)13-20/h3-8,11-13,17,23-24,30-33H,9-10,14-15H2,1-2H3/b27-22+,30-26?. The van der Waals surface area contributed by atoms with Gasteiger partial charge in [-0.1, -0.05) is 40.9 Å². The molecule has 3 aliphatic rings. The maximum absolute atomic E-state index is 13.2. The molecule has 3 unspecified atom stereocenters. The Labute approximate surface area is 238 Å². The molecule has 1 saturated heterocycles. The minimum absolute atomic E-state index is 0.0110. The molecule has 1 aliphatic carbocycles. The molecule has 9 nitrogen and oxygen atoms in total. The van der Waals surface area contributed by atoms with E-state index in [0.29, 0.717) is 39.6 Å². The summed E-state index contributed by atoms with van der Waals surface area (Å²) in [5.74, 6) is 0.757. The van der Waals surface area contributed by atoms with Crippen LogP contribution in [0.1, 0.15) is 18.4 Å². The number of likely N-dealkylation sites (tertiary alicyclic amines) is 1. The summed E-state index contributed by atoms with van der Waals surface area (Å²) in [5, 5.41) is 19.3. The van der Waals surface area contributed by atoms with Gasteiger partial charge in [0, 0.05) is 41.6 Å². The molecule has 0 spiro atoms. The van der Waals surface area contributed by atoms with Crippen molar-refractivity contribution in [3.63, 3.8) is 0 Å². The molecule has 3 atom stereocenters. The number of amidine groups is 1. The van der Waals surface area contributed by atoms with Gasteiger partial charge >= 0.3 is 0 Å². The minimum atomic E-state index is -3.91. The lowest BCUT2D eigenvalue weighted by Gasteiger charge is -2.35. The zero-order chi connectivity index (χ0) is 27.9. The highest BCUT2D eigenvalue weighted by Crippen LogP contribution is 2.38. The number of carbonyl (C=O) groups excluding carboxylic acids is 1. The lowest BCUT2D eigenvalue weighted by molar-refractivity contribution is -0.131. The number of nitrogens with one attached hydrogen (secondary N) is 4. The molecule has 206 valence electrons. The van der Waals surface area contributed by atoms with Crippen LogP contribution in [0.4, 0.5) is 5.69 Å². The molecular weight excluding hydrogens is 559 g/mol. The maximum Gasteiger partial charge on any atom is 0.269 e. The minimum Gasteiger partial charge on any atom is -0.376 e. The molecule has 12 heteroatoms. The van der Waals surface area contributed by atoms with Crippen molar-refractivity contribution < 1.29 is 13.2 Å². The van der Waals surface area contributed by atoms with E-state index in [9.17, 15) is 13.2 Å². The number of benzene rings is 2. The van der Waals surface area contributed by atoms with Crippen LogP contribution >= 0.6 is 23.2 Å². The van der Waals surface area contributed by atoms with E-state index in [0.717, 1.165) is 22.7 Å². The van der Waals surface area contributed by atoms with Crippen LogP contribution in [0, 0.1) is 18.3 Å². The summed E-state index contributed by atoms with van der Waals surface area (Å²) < 4.78 is 27.4. The Morgan fingerprint density at radius 3 is 2.44 bits per heavy atom. The number of aryl methyl sites for hydroxylation is 1. The van der Waals surface area contributed by atoms with Gasteiger partial charge in [0.1, 0.15) is 11.7 Å². The average Bonchev–Trinajstić information content (AvgIpc) is 3.60. The van der Waals surface area contributed by atoms with Crippen molar-refractivity contribution in [2.24, 2.45) is 5.92 Å². The van der Waals surface area contributed by atoms with Crippen molar-refractivity contribution in [1.29, 1.82) is 5.41 Å². The number of hydrogen-bond donors (Lipinski definition) is 4. The second-order valence-corrected chi connectivity index (χ2v) is 12.7. The number of amides is 1. The second kappa shape index (κ2) is 10.7. The zero-order valence-corrected chi connectivity index (χ0v) is 23.9. The summed E-state index contributed by atoms with van der Waals surface area (Å²) in [7, 11) is -2.19. The third-order valence-corrected chi connectivity index (χ3v) is 9.51. The summed E-state index contributed by atoms with van der Waals surface area (Å²) in [6.07, 6.45) is 4.78. The van der Waals surface area contributed by atoms with E-state index >= 15 is 0 Å². The molecular formula is C27H30Cl2N6O3S. The van der Waals surface area contributed by atoms with Crippen LogP contribution < -0.4 is 16.0 Å². The Morgan fingerprint density at radius 2 is 1.79 bits per heavy atom. The number of anilines is 1. The fourth-order valence-electron chi connectivity index (χ4n) is 5.51. The smallest absolute Gasteiger partial charge is 0.269 e. The Morgan fingerprint density at radius 1 is 1.10 bits per heavy atom. The molecule has 0 aromatic heterocycles. The van der Waals surface area contributed by atoms with Gasteiger partial charge in [-0.3, -0.25) is 10.2 Å². The maximum atomic E-state index is 13.2. The summed E-state index contributed by atoms with van der Waals surface area (Å²) >= 11 is 12.1. The third-order valence-electron chi connectivity index (χ3n) is 7.39. The van der Waals surface area contributed by atoms with E-state index < -0.39 is 10.0 Å². The van der Waals surface area contributed by atoms with E-state index in [2.05, 4.69) is 16.0 Å². The first-order valence-electron chi connectivity index (χ1n) is 12.6.